The van der Waals surface area contributed by atoms with Gasteiger partial charge in [-0.25, -0.2) is 4.85 Å². The van der Waals surface area contributed by atoms with Gasteiger partial charge in [0.2, 0.25) is 5.69 Å². The molecule has 1 saturated carbocycles. The van der Waals surface area contributed by atoms with Gasteiger partial charge in [0.15, 0.2) is 0 Å². The molecule has 0 spiro atoms. The van der Waals surface area contributed by atoms with Crippen molar-refractivity contribution in [1.29, 1.82) is 0 Å². The molecule has 21 heavy (non-hydrogen) atoms. The Morgan fingerprint density at radius 2 is 1.86 bits per heavy atom. The van der Waals surface area contributed by atoms with Gasteiger partial charge in [-0.1, -0.05) is 45.4 Å². The summed E-state index contributed by atoms with van der Waals surface area (Å²) in [5.41, 5.74) is 3.34. The van der Waals surface area contributed by atoms with Crippen molar-refractivity contribution in [2.45, 2.75) is 39.8 Å². The standard InChI is InChI=1S/C16H21ClN2O2/c1-15(2)13(19-20-6)16(3,4)14(15)21-10-7-8-12(18-5)11(17)9-10/h7-9,13-14,19H,1-4,6H3. The molecule has 1 fully saturated rings. The SMILES string of the molecule is [C-]#[N+]c1ccc(OC2C(C)(C)C(NOC)C2(C)C)cc1Cl. The van der Waals surface area contributed by atoms with Gasteiger partial charge in [0.25, 0.3) is 0 Å². The fourth-order valence-corrected chi connectivity index (χ4v) is 3.85. The molecule has 4 nitrogen and oxygen atoms in total. The van der Waals surface area contributed by atoms with Gasteiger partial charge in [-0.15, -0.1) is 0 Å². The molecule has 0 heterocycles. The quantitative estimate of drug-likeness (QED) is 0.668. The lowest BCUT2D eigenvalue weighted by atomic mass is 9.49. The molecule has 1 aromatic carbocycles. The molecule has 114 valence electrons. The maximum Gasteiger partial charge on any atom is 0.205 e. The lowest BCUT2D eigenvalue weighted by molar-refractivity contribution is -0.203. The molecule has 1 aliphatic carbocycles. The summed E-state index contributed by atoms with van der Waals surface area (Å²) in [7, 11) is 1.63. The first-order valence-corrected chi connectivity index (χ1v) is 7.25. The highest BCUT2D eigenvalue weighted by Crippen LogP contribution is 2.55. The van der Waals surface area contributed by atoms with Crippen molar-refractivity contribution in [3.05, 3.63) is 34.6 Å². The predicted octanol–water partition coefficient (Wildman–Crippen LogP) is 4.22. The molecule has 0 aliphatic heterocycles. The third-order valence-electron chi connectivity index (χ3n) is 4.37. The Balaban J connectivity index is 2.20. The Morgan fingerprint density at radius 1 is 1.24 bits per heavy atom. The van der Waals surface area contributed by atoms with Crippen LogP contribution in [0.4, 0.5) is 5.69 Å². The summed E-state index contributed by atoms with van der Waals surface area (Å²) in [6.07, 6.45) is 0.0208. The van der Waals surface area contributed by atoms with E-state index in [0.717, 1.165) is 0 Å². The molecule has 5 heteroatoms. The summed E-state index contributed by atoms with van der Waals surface area (Å²) in [5, 5.41) is 0.420. The second-order valence-electron chi connectivity index (χ2n) is 6.62. The third kappa shape index (κ3) is 2.62. The lowest BCUT2D eigenvalue weighted by Crippen LogP contribution is -2.73. The number of nitrogens with one attached hydrogen (secondary N) is 1. The van der Waals surface area contributed by atoms with Crippen LogP contribution in [0.25, 0.3) is 4.85 Å². The van der Waals surface area contributed by atoms with Crippen molar-refractivity contribution < 1.29 is 9.57 Å². The van der Waals surface area contributed by atoms with E-state index in [4.69, 9.17) is 27.7 Å². The average molecular weight is 309 g/mol. The van der Waals surface area contributed by atoms with E-state index in [1.807, 2.05) is 0 Å². The molecule has 0 bridgehead atoms. The normalized spacial score (nSPS) is 25.8. The summed E-state index contributed by atoms with van der Waals surface area (Å²) in [6, 6.07) is 5.38. The molecule has 1 aromatic rings. The first-order valence-electron chi connectivity index (χ1n) is 6.87. The Kier molecular flexibility index (Phi) is 4.21. The Bertz CT molecular complexity index is 562. The highest BCUT2D eigenvalue weighted by molar-refractivity contribution is 6.33. The number of benzene rings is 1. The molecule has 0 atom stereocenters. The fourth-order valence-electron chi connectivity index (χ4n) is 3.64. The van der Waals surface area contributed by atoms with Gasteiger partial charge < -0.3 is 9.57 Å². The van der Waals surface area contributed by atoms with Crippen LogP contribution in [-0.4, -0.2) is 19.3 Å². The topological polar surface area (TPSA) is 34.8 Å². The van der Waals surface area contributed by atoms with Crippen LogP contribution in [0.2, 0.25) is 5.02 Å². The number of rotatable bonds is 4. The highest BCUT2D eigenvalue weighted by atomic mass is 35.5. The molecule has 0 unspecified atom stereocenters. The minimum Gasteiger partial charge on any atom is -0.489 e. The monoisotopic (exact) mass is 308 g/mol. The minimum atomic E-state index is -0.0789. The smallest absolute Gasteiger partial charge is 0.205 e. The van der Waals surface area contributed by atoms with Crippen LogP contribution in [0.15, 0.2) is 18.2 Å². The molecule has 0 amide bonds. The molecule has 1 aliphatic rings. The second kappa shape index (κ2) is 5.49. The van der Waals surface area contributed by atoms with Crippen molar-refractivity contribution in [3.8, 4) is 5.75 Å². The molecule has 0 radical (unpaired) electrons. The third-order valence-corrected chi connectivity index (χ3v) is 4.67. The number of hydrogen-bond acceptors (Lipinski definition) is 3. The van der Waals surface area contributed by atoms with E-state index < -0.39 is 0 Å². The summed E-state index contributed by atoms with van der Waals surface area (Å²) in [4.78, 5) is 8.46. The molecule has 2 rings (SSSR count). The van der Waals surface area contributed by atoms with E-state index in [2.05, 4.69) is 38.0 Å². The van der Waals surface area contributed by atoms with Crippen molar-refractivity contribution in [3.63, 3.8) is 0 Å². The van der Waals surface area contributed by atoms with Crippen LogP contribution in [0, 0.1) is 17.4 Å². The van der Waals surface area contributed by atoms with Crippen LogP contribution < -0.4 is 10.2 Å². The zero-order chi connectivity index (χ0) is 15.8. The van der Waals surface area contributed by atoms with Gasteiger partial charge >= 0.3 is 0 Å². The molecule has 0 aromatic heterocycles. The van der Waals surface area contributed by atoms with E-state index in [-0.39, 0.29) is 23.0 Å². The first kappa shape index (κ1) is 16.1. The summed E-state index contributed by atoms with van der Waals surface area (Å²) < 4.78 is 6.15. The maximum absolute atomic E-state index is 7.02. The van der Waals surface area contributed by atoms with E-state index in [9.17, 15) is 0 Å². The van der Waals surface area contributed by atoms with Gasteiger partial charge in [0.1, 0.15) is 11.9 Å². The van der Waals surface area contributed by atoms with Crippen LogP contribution >= 0.6 is 11.6 Å². The zero-order valence-corrected chi connectivity index (χ0v) is 13.8. The molecule has 1 N–H and O–H groups in total. The molecular formula is C16H21ClN2O2. The number of hydroxylamine groups is 1. The molecular weight excluding hydrogens is 288 g/mol. The fraction of sp³-hybridized carbons (Fsp3) is 0.562. The summed E-state index contributed by atoms with van der Waals surface area (Å²) >= 11 is 6.07. The summed E-state index contributed by atoms with van der Waals surface area (Å²) in [5.74, 6) is 0.689. The maximum atomic E-state index is 7.02. The van der Waals surface area contributed by atoms with Crippen molar-refractivity contribution in [1.82, 2.24) is 5.48 Å². The zero-order valence-electron chi connectivity index (χ0n) is 13.0. The number of ether oxygens (including phenoxy) is 1. The van der Waals surface area contributed by atoms with Gasteiger partial charge in [-0.3, -0.25) is 0 Å². The van der Waals surface area contributed by atoms with Crippen LogP contribution in [0.3, 0.4) is 0 Å². The second-order valence-corrected chi connectivity index (χ2v) is 7.03. The average Bonchev–Trinajstić information content (AvgIpc) is 2.41. The number of halogens is 1. The lowest BCUT2D eigenvalue weighted by Gasteiger charge is -2.62. The Hall–Kier alpha value is -1.28. The highest BCUT2D eigenvalue weighted by Gasteiger charge is 2.63. The van der Waals surface area contributed by atoms with E-state index in [0.29, 0.717) is 16.5 Å². The van der Waals surface area contributed by atoms with E-state index in [1.165, 1.54) is 0 Å². The van der Waals surface area contributed by atoms with Gasteiger partial charge in [-0.2, -0.15) is 5.48 Å². The van der Waals surface area contributed by atoms with Crippen LogP contribution in [-0.2, 0) is 4.84 Å². The number of nitrogens with zero attached hydrogens (tertiary/aromatic N) is 1. The van der Waals surface area contributed by atoms with Crippen LogP contribution in [0.5, 0.6) is 5.75 Å². The largest absolute Gasteiger partial charge is 0.489 e. The summed E-state index contributed by atoms with van der Waals surface area (Å²) in [6.45, 7) is 15.6. The molecule has 0 saturated heterocycles. The van der Waals surface area contributed by atoms with Crippen molar-refractivity contribution >= 4 is 17.3 Å². The Labute approximate surface area is 131 Å². The van der Waals surface area contributed by atoms with Crippen LogP contribution in [0.1, 0.15) is 27.7 Å². The van der Waals surface area contributed by atoms with Gasteiger partial charge in [0.05, 0.1) is 18.7 Å². The van der Waals surface area contributed by atoms with Gasteiger partial charge in [-0.05, 0) is 12.1 Å². The first-order chi connectivity index (χ1) is 9.75. The Morgan fingerprint density at radius 3 is 2.33 bits per heavy atom. The predicted molar refractivity (Wildman–Crippen MR) is 83.6 cm³/mol. The van der Waals surface area contributed by atoms with Gasteiger partial charge in [0, 0.05) is 16.9 Å². The minimum absolute atomic E-state index is 0.0208. The number of hydrogen-bond donors (Lipinski definition) is 1. The van der Waals surface area contributed by atoms with E-state index in [1.54, 1.807) is 25.3 Å². The van der Waals surface area contributed by atoms with Crippen molar-refractivity contribution in [2.24, 2.45) is 10.8 Å². The van der Waals surface area contributed by atoms with Crippen molar-refractivity contribution in [2.75, 3.05) is 7.11 Å². The van der Waals surface area contributed by atoms with E-state index >= 15 is 0 Å².